The third-order valence-corrected chi connectivity index (χ3v) is 3.30. The molecule has 0 aliphatic carbocycles. The fourth-order valence-electron chi connectivity index (χ4n) is 1.92. The minimum Gasteiger partial charge on any atom is -0.452 e. The van der Waals surface area contributed by atoms with E-state index in [-0.39, 0.29) is 6.04 Å². The molecule has 2 aromatic heterocycles. The van der Waals surface area contributed by atoms with Crippen LogP contribution < -0.4 is 5.32 Å². The highest BCUT2D eigenvalue weighted by molar-refractivity contribution is 9.10. The second-order valence-corrected chi connectivity index (χ2v) is 5.11. The molecule has 1 atom stereocenters. The molecule has 5 nitrogen and oxygen atoms in total. The lowest BCUT2D eigenvalue weighted by Crippen LogP contribution is -2.05. The van der Waals surface area contributed by atoms with Crippen LogP contribution in [0.2, 0.25) is 0 Å². The van der Waals surface area contributed by atoms with Gasteiger partial charge in [-0.05, 0) is 53.2 Å². The number of hydrogen-bond acceptors (Lipinski definition) is 5. The maximum Gasteiger partial charge on any atom is 0.247 e. The second kappa shape index (κ2) is 5.50. The Morgan fingerprint density at radius 3 is 2.85 bits per heavy atom. The van der Waals surface area contributed by atoms with E-state index in [2.05, 4.69) is 31.4 Å². The van der Waals surface area contributed by atoms with Gasteiger partial charge in [-0.3, -0.25) is 0 Å². The molecule has 0 saturated carbocycles. The number of nitrogens with zero attached hydrogens (tertiary/aromatic N) is 2. The van der Waals surface area contributed by atoms with E-state index in [1.165, 1.54) is 6.39 Å². The third kappa shape index (κ3) is 2.75. The van der Waals surface area contributed by atoms with Gasteiger partial charge in [0.1, 0.15) is 5.76 Å². The normalized spacial score (nSPS) is 12.3. The van der Waals surface area contributed by atoms with E-state index in [1.54, 1.807) is 0 Å². The number of hydrogen-bond donors (Lipinski definition) is 1. The smallest absolute Gasteiger partial charge is 0.247 e. The van der Waals surface area contributed by atoms with Crippen molar-refractivity contribution in [3.05, 3.63) is 53.2 Å². The van der Waals surface area contributed by atoms with Gasteiger partial charge in [-0.15, -0.1) is 10.2 Å². The van der Waals surface area contributed by atoms with E-state index in [1.807, 2.05) is 43.3 Å². The zero-order chi connectivity index (χ0) is 13.9. The molecular formula is C14H12BrN3O2. The monoisotopic (exact) mass is 333 g/mol. The average Bonchev–Trinajstić information content (AvgIpc) is 3.10. The fourth-order valence-corrected chi connectivity index (χ4v) is 2.24. The van der Waals surface area contributed by atoms with Gasteiger partial charge >= 0.3 is 0 Å². The van der Waals surface area contributed by atoms with E-state index in [9.17, 15) is 0 Å². The lowest BCUT2D eigenvalue weighted by atomic mass is 10.1. The molecule has 0 bridgehead atoms. The first-order chi connectivity index (χ1) is 9.72. The molecule has 2 heterocycles. The van der Waals surface area contributed by atoms with Crippen LogP contribution in [-0.4, -0.2) is 10.2 Å². The highest BCUT2D eigenvalue weighted by atomic mass is 79.9. The molecule has 0 spiro atoms. The van der Waals surface area contributed by atoms with E-state index < -0.39 is 0 Å². The van der Waals surface area contributed by atoms with Gasteiger partial charge in [0, 0.05) is 11.3 Å². The zero-order valence-corrected chi connectivity index (χ0v) is 12.3. The third-order valence-electron chi connectivity index (χ3n) is 2.87. The molecule has 0 fully saturated rings. The summed E-state index contributed by atoms with van der Waals surface area (Å²) in [5.74, 6) is 1.36. The van der Waals surface area contributed by atoms with Crippen molar-refractivity contribution < 1.29 is 8.83 Å². The summed E-state index contributed by atoms with van der Waals surface area (Å²) in [4.78, 5) is 0. The van der Waals surface area contributed by atoms with E-state index in [0.717, 1.165) is 21.7 Å². The van der Waals surface area contributed by atoms with Crippen LogP contribution in [0.3, 0.4) is 0 Å². The summed E-state index contributed by atoms with van der Waals surface area (Å²) in [6.45, 7) is 2.03. The van der Waals surface area contributed by atoms with Crippen LogP contribution in [0.25, 0.3) is 11.5 Å². The van der Waals surface area contributed by atoms with Gasteiger partial charge in [0.25, 0.3) is 0 Å². The van der Waals surface area contributed by atoms with Crippen LogP contribution in [0.4, 0.5) is 5.69 Å². The number of benzene rings is 1. The van der Waals surface area contributed by atoms with Crippen molar-refractivity contribution in [1.29, 1.82) is 0 Å². The van der Waals surface area contributed by atoms with E-state index >= 15 is 0 Å². The molecular weight excluding hydrogens is 322 g/mol. The van der Waals surface area contributed by atoms with E-state index in [0.29, 0.717) is 5.89 Å². The van der Waals surface area contributed by atoms with E-state index in [4.69, 9.17) is 8.83 Å². The lowest BCUT2D eigenvalue weighted by molar-refractivity contribution is 0.471. The van der Waals surface area contributed by atoms with Gasteiger partial charge in [0.15, 0.2) is 4.67 Å². The summed E-state index contributed by atoms with van der Waals surface area (Å²) in [6, 6.07) is 11.7. The number of aromatic nitrogens is 2. The number of anilines is 1. The number of rotatable bonds is 4. The van der Waals surface area contributed by atoms with Crippen molar-refractivity contribution in [2.75, 3.05) is 5.32 Å². The minimum absolute atomic E-state index is 0.0548. The molecule has 6 heteroatoms. The number of nitrogens with one attached hydrogen (secondary N) is 1. The SMILES string of the molecule is CC(Nc1cccc(-c2nnco2)c1)c1ccc(Br)o1. The number of halogens is 1. The minimum atomic E-state index is 0.0548. The van der Waals surface area contributed by atoms with Gasteiger partial charge in [-0.1, -0.05) is 6.07 Å². The molecule has 0 saturated heterocycles. The maximum absolute atomic E-state index is 5.53. The first-order valence-electron chi connectivity index (χ1n) is 6.11. The molecule has 1 N–H and O–H groups in total. The largest absolute Gasteiger partial charge is 0.452 e. The Hall–Kier alpha value is -2.08. The molecule has 0 aliphatic heterocycles. The quantitative estimate of drug-likeness (QED) is 0.772. The average molecular weight is 334 g/mol. The standard InChI is InChI=1S/C14H12BrN3O2/c1-9(12-5-6-13(15)20-12)17-11-4-2-3-10(7-11)14-18-16-8-19-14/h2-9,17H,1H3. The van der Waals surface area contributed by atoms with Crippen molar-refractivity contribution in [3.8, 4) is 11.5 Å². The molecule has 0 radical (unpaired) electrons. The Morgan fingerprint density at radius 2 is 2.15 bits per heavy atom. The van der Waals surface area contributed by atoms with Crippen molar-refractivity contribution in [3.63, 3.8) is 0 Å². The first kappa shape index (κ1) is 12.9. The topological polar surface area (TPSA) is 64.1 Å². The molecule has 3 aromatic rings. The van der Waals surface area contributed by atoms with Crippen molar-refractivity contribution in [1.82, 2.24) is 10.2 Å². The van der Waals surface area contributed by atoms with Gasteiger partial charge in [-0.25, -0.2) is 0 Å². The van der Waals surface area contributed by atoms with Gasteiger partial charge in [0.2, 0.25) is 12.3 Å². The molecule has 1 aromatic carbocycles. The summed E-state index contributed by atoms with van der Waals surface area (Å²) in [5, 5.41) is 11.0. The Labute approximate surface area is 124 Å². The number of furan rings is 1. The summed E-state index contributed by atoms with van der Waals surface area (Å²) in [6.07, 6.45) is 1.32. The van der Waals surface area contributed by atoms with Gasteiger partial charge in [-0.2, -0.15) is 0 Å². The fraction of sp³-hybridized carbons (Fsp3) is 0.143. The van der Waals surface area contributed by atoms with Crippen molar-refractivity contribution in [2.45, 2.75) is 13.0 Å². The highest BCUT2D eigenvalue weighted by Crippen LogP contribution is 2.26. The summed E-state index contributed by atoms with van der Waals surface area (Å²) < 4.78 is 11.4. The maximum atomic E-state index is 5.53. The Kier molecular flexibility index (Phi) is 3.56. The molecule has 0 amide bonds. The van der Waals surface area contributed by atoms with Crippen LogP contribution in [0.1, 0.15) is 18.7 Å². The van der Waals surface area contributed by atoms with Crippen molar-refractivity contribution in [2.24, 2.45) is 0 Å². The molecule has 3 rings (SSSR count). The molecule has 20 heavy (non-hydrogen) atoms. The first-order valence-corrected chi connectivity index (χ1v) is 6.90. The zero-order valence-electron chi connectivity index (χ0n) is 10.7. The van der Waals surface area contributed by atoms with Crippen LogP contribution in [0, 0.1) is 0 Å². The molecule has 1 unspecified atom stereocenters. The predicted molar refractivity (Wildman–Crippen MR) is 78.2 cm³/mol. The highest BCUT2D eigenvalue weighted by Gasteiger charge is 2.11. The Morgan fingerprint density at radius 1 is 1.25 bits per heavy atom. The Balaban J connectivity index is 1.79. The summed E-state index contributed by atoms with van der Waals surface area (Å²) >= 11 is 3.30. The summed E-state index contributed by atoms with van der Waals surface area (Å²) in [7, 11) is 0. The van der Waals surface area contributed by atoms with Gasteiger partial charge in [0.05, 0.1) is 6.04 Å². The van der Waals surface area contributed by atoms with Crippen molar-refractivity contribution >= 4 is 21.6 Å². The van der Waals surface area contributed by atoms with Crippen LogP contribution >= 0.6 is 15.9 Å². The predicted octanol–water partition coefficient (Wildman–Crippen LogP) is 4.27. The van der Waals surface area contributed by atoms with Crippen LogP contribution in [-0.2, 0) is 0 Å². The molecule has 0 aliphatic rings. The second-order valence-electron chi connectivity index (χ2n) is 4.33. The van der Waals surface area contributed by atoms with Crippen LogP contribution in [0.15, 0.2) is 56.3 Å². The summed E-state index contributed by atoms with van der Waals surface area (Å²) in [5.41, 5.74) is 1.83. The lowest BCUT2D eigenvalue weighted by Gasteiger charge is -2.13. The Bertz CT molecular complexity index is 694. The van der Waals surface area contributed by atoms with Gasteiger partial charge < -0.3 is 14.2 Å². The molecule has 102 valence electrons. The van der Waals surface area contributed by atoms with Crippen LogP contribution in [0.5, 0.6) is 0 Å².